The van der Waals surface area contributed by atoms with E-state index in [0.717, 1.165) is 29.7 Å². The van der Waals surface area contributed by atoms with Crippen LogP contribution in [0.3, 0.4) is 0 Å². The number of benzene rings is 2. The molecule has 4 heteroatoms. The number of carbonyl (C=O) groups is 1. The number of carbonyl (C=O) groups excluding carboxylic acids is 1. The van der Waals surface area contributed by atoms with Crippen LogP contribution in [-0.2, 0) is 11.2 Å². The van der Waals surface area contributed by atoms with Crippen LogP contribution in [0.1, 0.15) is 50.1 Å². The van der Waals surface area contributed by atoms with E-state index >= 15 is 0 Å². The Bertz CT molecular complexity index is 828. The zero-order chi connectivity index (χ0) is 18.9. The largest absolute Gasteiger partial charge is 0.441 e. The second-order valence-corrected chi connectivity index (χ2v) is 6.66. The van der Waals surface area contributed by atoms with E-state index in [4.69, 9.17) is 4.42 Å². The number of oxazole rings is 1. The Morgan fingerprint density at radius 1 is 1.07 bits per heavy atom. The summed E-state index contributed by atoms with van der Waals surface area (Å²) in [5.41, 5.74) is 2.17. The van der Waals surface area contributed by atoms with Crippen LogP contribution in [0.25, 0.3) is 11.3 Å². The number of amides is 1. The Hall–Kier alpha value is -2.88. The van der Waals surface area contributed by atoms with Crippen LogP contribution >= 0.6 is 0 Å². The molecule has 1 N–H and O–H groups in total. The lowest BCUT2D eigenvalue weighted by Crippen LogP contribution is -2.28. The summed E-state index contributed by atoms with van der Waals surface area (Å²) in [7, 11) is 0. The van der Waals surface area contributed by atoms with Gasteiger partial charge in [-0.15, -0.1) is 0 Å². The topological polar surface area (TPSA) is 55.1 Å². The minimum absolute atomic E-state index is 0.0761. The third kappa shape index (κ3) is 5.55. The monoisotopic (exact) mass is 362 g/mol. The van der Waals surface area contributed by atoms with Gasteiger partial charge in [0.2, 0.25) is 5.91 Å². The van der Waals surface area contributed by atoms with Gasteiger partial charge in [-0.05, 0) is 18.4 Å². The molecule has 1 atom stereocenters. The maximum atomic E-state index is 12.4. The van der Waals surface area contributed by atoms with Crippen LogP contribution in [0, 0.1) is 0 Å². The highest BCUT2D eigenvalue weighted by Gasteiger charge is 2.14. The van der Waals surface area contributed by atoms with Crippen LogP contribution in [0.4, 0.5) is 0 Å². The average molecular weight is 362 g/mol. The molecule has 0 spiro atoms. The lowest BCUT2D eigenvalue weighted by molar-refractivity contribution is -0.122. The molecule has 1 unspecified atom stereocenters. The summed E-state index contributed by atoms with van der Waals surface area (Å²) in [6.07, 6.45) is 5.56. The first-order valence-electron chi connectivity index (χ1n) is 9.60. The van der Waals surface area contributed by atoms with Gasteiger partial charge in [0.1, 0.15) is 0 Å². The van der Waals surface area contributed by atoms with Crippen molar-refractivity contribution in [2.75, 3.05) is 0 Å². The van der Waals surface area contributed by atoms with Crippen LogP contribution in [0.2, 0.25) is 0 Å². The van der Waals surface area contributed by atoms with Crippen LogP contribution in [-0.4, -0.2) is 10.9 Å². The minimum Gasteiger partial charge on any atom is -0.441 e. The molecule has 4 nitrogen and oxygen atoms in total. The summed E-state index contributed by atoms with van der Waals surface area (Å²) in [6, 6.07) is 20.1. The molecule has 1 heterocycles. The summed E-state index contributed by atoms with van der Waals surface area (Å²) in [6.45, 7) is 2.13. The zero-order valence-corrected chi connectivity index (χ0v) is 15.7. The Labute approximate surface area is 160 Å². The van der Waals surface area contributed by atoms with Gasteiger partial charge in [0, 0.05) is 18.4 Å². The molecule has 2 aromatic carbocycles. The summed E-state index contributed by atoms with van der Waals surface area (Å²) in [5.74, 6) is 1.52. The number of aromatic nitrogens is 1. The van der Waals surface area contributed by atoms with Crippen molar-refractivity contribution in [2.24, 2.45) is 0 Å². The molecule has 27 heavy (non-hydrogen) atoms. The number of rotatable bonds is 9. The molecule has 3 rings (SSSR count). The lowest BCUT2D eigenvalue weighted by Gasteiger charge is -2.18. The Morgan fingerprint density at radius 3 is 2.48 bits per heavy atom. The second kappa shape index (κ2) is 9.72. The molecule has 0 aliphatic heterocycles. The minimum atomic E-state index is 0.0761. The summed E-state index contributed by atoms with van der Waals surface area (Å²) in [5, 5.41) is 3.16. The van der Waals surface area contributed by atoms with Crippen molar-refractivity contribution in [2.45, 2.75) is 45.1 Å². The van der Waals surface area contributed by atoms with E-state index in [1.54, 1.807) is 6.20 Å². The van der Waals surface area contributed by atoms with Gasteiger partial charge in [-0.2, -0.15) is 0 Å². The van der Waals surface area contributed by atoms with Crippen molar-refractivity contribution >= 4 is 5.91 Å². The molecule has 1 amide bonds. The molecule has 0 saturated heterocycles. The molecule has 0 fully saturated rings. The molecule has 0 saturated carbocycles. The van der Waals surface area contributed by atoms with Crippen LogP contribution in [0.5, 0.6) is 0 Å². The first-order chi connectivity index (χ1) is 13.3. The fraction of sp³-hybridized carbons (Fsp3) is 0.304. The van der Waals surface area contributed by atoms with Crippen molar-refractivity contribution in [3.8, 4) is 11.3 Å². The third-order valence-corrected chi connectivity index (χ3v) is 4.52. The second-order valence-electron chi connectivity index (χ2n) is 6.66. The Balaban J connectivity index is 1.48. The predicted molar refractivity (Wildman–Crippen MR) is 107 cm³/mol. The van der Waals surface area contributed by atoms with Gasteiger partial charge in [-0.1, -0.05) is 74.0 Å². The molecule has 0 bridgehead atoms. The molecule has 140 valence electrons. The molecule has 1 aromatic heterocycles. The van der Waals surface area contributed by atoms with E-state index in [9.17, 15) is 4.79 Å². The number of hydrogen-bond donors (Lipinski definition) is 1. The van der Waals surface area contributed by atoms with E-state index in [1.807, 2.05) is 48.5 Å². The smallest absolute Gasteiger partial charge is 0.220 e. The van der Waals surface area contributed by atoms with Crippen molar-refractivity contribution in [3.63, 3.8) is 0 Å². The number of aryl methyl sites for hydroxylation is 1. The molecule has 3 aromatic rings. The Morgan fingerprint density at radius 2 is 1.78 bits per heavy atom. The quantitative estimate of drug-likeness (QED) is 0.560. The number of nitrogens with one attached hydrogen (secondary N) is 1. The summed E-state index contributed by atoms with van der Waals surface area (Å²) >= 11 is 0. The SMILES string of the molecule is CCCC(NC(=O)CCCc1ncc(-c2ccccc2)o1)c1ccccc1. The highest BCUT2D eigenvalue weighted by molar-refractivity contribution is 5.76. The van der Waals surface area contributed by atoms with Crippen molar-refractivity contribution < 1.29 is 9.21 Å². The third-order valence-electron chi connectivity index (χ3n) is 4.52. The van der Waals surface area contributed by atoms with Gasteiger partial charge in [-0.25, -0.2) is 4.98 Å². The van der Waals surface area contributed by atoms with Gasteiger partial charge in [0.15, 0.2) is 11.7 Å². The van der Waals surface area contributed by atoms with Gasteiger partial charge >= 0.3 is 0 Å². The van der Waals surface area contributed by atoms with Crippen LogP contribution < -0.4 is 5.32 Å². The zero-order valence-electron chi connectivity index (χ0n) is 15.7. The first-order valence-corrected chi connectivity index (χ1v) is 9.60. The van der Waals surface area contributed by atoms with Gasteiger partial charge in [-0.3, -0.25) is 4.79 Å². The number of hydrogen-bond acceptors (Lipinski definition) is 3. The van der Waals surface area contributed by atoms with Crippen molar-refractivity contribution in [1.82, 2.24) is 10.3 Å². The van der Waals surface area contributed by atoms with Gasteiger partial charge < -0.3 is 9.73 Å². The maximum Gasteiger partial charge on any atom is 0.220 e. The Kier molecular flexibility index (Phi) is 6.80. The van der Waals surface area contributed by atoms with Crippen molar-refractivity contribution in [1.29, 1.82) is 0 Å². The summed E-state index contributed by atoms with van der Waals surface area (Å²) in [4.78, 5) is 16.7. The van der Waals surface area contributed by atoms with E-state index in [-0.39, 0.29) is 11.9 Å². The fourth-order valence-electron chi connectivity index (χ4n) is 3.12. The van der Waals surface area contributed by atoms with E-state index in [1.165, 1.54) is 0 Å². The normalized spacial score (nSPS) is 11.9. The standard InChI is InChI=1S/C23H26N2O2/c1-2-10-20(18-11-5-3-6-12-18)25-22(26)15-9-16-23-24-17-21(27-23)19-13-7-4-8-14-19/h3-8,11-14,17,20H,2,9-10,15-16H2,1H3,(H,25,26). The highest BCUT2D eigenvalue weighted by atomic mass is 16.4. The average Bonchev–Trinajstić information content (AvgIpc) is 3.18. The van der Waals surface area contributed by atoms with Gasteiger partial charge in [0.05, 0.1) is 12.2 Å². The van der Waals surface area contributed by atoms with E-state index in [0.29, 0.717) is 25.2 Å². The molecule has 0 radical (unpaired) electrons. The predicted octanol–water partition coefficient (Wildman–Crippen LogP) is 5.32. The highest BCUT2D eigenvalue weighted by Crippen LogP contribution is 2.21. The fourth-order valence-corrected chi connectivity index (χ4v) is 3.12. The maximum absolute atomic E-state index is 12.4. The van der Waals surface area contributed by atoms with E-state index < -0.39 is 0 Å². The van der Waals surface area contributed by atoms with Crippen molar-refractivity contribution in [3.05, 3.63) is 78.3 Å². The first kappa shape index (κ1) is 18.9. The lowest BCUT2D eigenvalue weighted by atomic mass is 10.0. The molecule has 0 aliphatic carbocycles. The van der Waals surface area contributed by atoms with Crippen LogP contribution in [0.15, 0.2) is 71.3 Å². The number of nitrogens with zero attached hydrogens (tertiary/aromatic N) is 1. The molecule has 0 aliphatic rings. The molecular weight excluding hydrogens is 336 g/mol. The van der Waals surface area contributed by atoms with Gasteiger partial charge in [0.25, 0.3) is 0 Å². The summed E-state index contributed by atoms with van der Waals surface area (Å²) < 4.78 is 5.80. The van der Waals surface area contributed by atoms with E-state index in [2.05, 4.69) is 29.4 Å². The molecular formula is C23H26N2O2.